The van der Waals surface area contributed by atoms with Crippen LogP contribution in [0.4, 0.5) is 0 Å². The molecule has 0 aliphatic heterocycles. The van der Waals surface area contributed by atoms with Gasteiger partial charge in [-0.3, -0.25) is 0 Å². The van der Waals surface area contributed by atoms with Crippen LogP contribution in [0.5, 0.6) is 11.6 Å². The molecule has 0 aliphatic rings. The number of nitrogens with zero attached hydrogens (tertiary/aromatic N) is 4. The monoisotopic (exact) mass is 238 g/mol. The third kappa shape index (κ3) is 1.74. The molecule has 3 aromatic rings. The Morgan fingerprint density at radius 1 is 1.17 bits per heavy atom. The average molecular weight is 238 g/mol. The quantitative estimate of drug-likeness (QED) is 0.680. The van der Waals surface area contributed by atoms with Crippen LogP contribution in [0.1, 0.15) is 5.56 Å². The van der Waals surface area contributed by atoms with Crippen LogP contribution in [0.2, 0.25) is 0 Å². The molecule has 0 radical (unpaired) electrons. The summed E-state index contributed by atoms with van der Waals surface area (Å²) >= 11 is 0. The molecular weight excluding hydrogens is 232 g/mol. The first-order valence-electron chi connectivity index (χ1n) is 5.12. The van der Waals surface area contributed by atoms with Gasteiger partial charge in [-0.15, -0.1) is 0 Å². The topological polar surface area (TPSA) is 84.8 Å². The summed E-state index contributed by atoms with van der Waals surface area (Å²) in [6, 6.07) is 10.4. The molecule has 2 heterocycles. The number of fused-ring (bicyclic) bond motifs is 1. The van der Waals surface area contributed by atoms with Crippen LogP contribution in [0.25, 0.3) is 11.0 Å². The van der Waals surface area contributed by atoms with Crippen molar-refractivity contribution in [1.82, 2.24) is 15.3 Å². The first-order valence-corrected chi connectivity index (χ1v) is 5.12. The van der Waals surface area contributed by atoms with E-state index in [-0.39, 0.29) is 5.88 Å². The predicted molar refractivity (Wildman–Crippen MR) is 60.8 cm³/mol. The maximum atomic E-state index is 8.93. The second-order valence-corrected chi connectivity index (χ2v) is 3.48. The summed E-state index contributed by atoms with van der Waals surface area (Å²) < 4.78 is 10.1. The minimum Gasteiger partial charge on any atom is -0.438 e. The zero-order valence-electron chi connectivity index (χ0n) is 9.07. The van der Waals surface area contributed by atoms with Gasteiger partial charge in [-0.25, -0.2) is 9.61 Å². The van der Waals surface area contributed by atoms with Gasteiger partial charge < -0.3 is 4.74 Å². The molecule has 0 atom stereocenters. The van der Waals surface area contributed by atoms with Crippen LogP contribution in [-0.4, -0.2) is 15.3 Å². The molecule has 0 spiro atoms. The van der Waals surface area contributed by atoms with Gasteiger partial charge in [0.05, 0.1) is 0 Å². The van der Waals surface area contributed by atoms with Crippen LogP contribution < -0.4 is 4.74 Å². The summed E-state index contributed by atoms with van der Waals surface area (Å²) in [5.74, 6) is 0.782. The van der Waals surface area contributed by atoms with Gasteiger partial charge in [-0.1, -0.05) is 0 Å². The number of hydrogen-bond donors (Lipinski definition) is 0. The van der Waals surface area contributed by atoms with Crippen LogP contribution in [0.15, 0.2) is 41.2 Å². The van der Waals surface area contributed by atoms with Crippen LogP contribution in [-0.2, 0) is 0 Å². The highest BCUT2D eigenvalue weighted by Crippen LogP contribution is 2.24. The van der Waals surface area contributed by atoms with Gasteiger partial charge in [0.15, 0.2) is 0 Å². The first-order chi connectivity index (χ1) is 8.86. The zero-order valence-corrected chi connectivity index (χ0v) is 9.07. The fourth-order valence-corrected chi connectivity index (χ4v) is 1.49. The molecule has 0 bridgehead atoms. The Bertz CT molecular complexity index is 745. The van der Waals surface area contributed by atoms with Crippen molar-refractivity contribution < 1.29 is 9.37 Å². The van der Waals surface area contributed by atoms with Crippen LogP contribution in [0.3, 0.4) is 0 Å². The summed E-state index contributed by atoms with van der Waals surface area (Å²) in [5, 5.41) is 16.3. The molecule has 6 heteroatoms. The second kappa shape index (κ2) is 4.14. The van der Waals surface area contributed by atoms with Gasteiger partial charge in [-0.2, -0.15) is 5.26 Å². The van der Waals surface area contributed by atoms with Crippen molar-refractivity contribution in [3.05, 3.63) is 42.1 Å². The average Bonchev–Trinajstić information content (AvgIpc) is 2.87. The lowest BCUT2D eigenvalue weighted by Crippen LogP contribution is -1.91. The van der Waals surface area contributed by atoms with Gasteiger partial charge in [-0.05, 0) is 34.6 Å². The number of nitriles is 1. The molecule has 1 aromatic carbocycles. The summed E-state index contributed by atoms with van der Waals surface area (Å²) in [5.41, 5.74) is 1.60. The number of rotatable bonds is 2. The molecule has 0 N–H and O–H groups in total. The molecule has 0 fully saturated rings. The van der Waals surface area contributed by atoms with Gasteiger partial charge in [0.2, 0.25) is 5.88 Å². The second-order valence-electron chi connectivity index (χ2n) is 3.48. The Balaban J connectivity index is 1.98. The van der Waals surface area contributed by atoms with E-state index in [1.54, 1.807) is 36.5 Å². The molecule has 0 amide bonds. The maximum absolute atomic E-state index is 8.93. The minimum absolute atomic E-state index is 0.260. The van der Waals surface area contributed by atoms with Gasteiger partial charge in [0.25, 0.3) is 0 Å². The molecule has 0 saturated carbocycles. The normalized spacial score (nSPS) is 10.2. The molecule has 0 unspecified atom stereocenters. The molecule has 0 aliphatic carbocycles. The van der Waals surface area contributed by atoms with E-state index in [0.717, 1.165) is 0 Å². The molecule has 86 valence electrons. The minimum atomic E-state index is 0.260. The number of aromatic nitrogens is 3. The third-order valence-electron chi connectivity index (χ3n) is 2.33. The maximum Gasteiger partial charge on any atom is 0.237 e. The van der Waals surface area contributed by atoms with E-state index in [2.05, 4.69) is 19.9 Å². The smallest absolute Gasteiger partial charge is 0.237 e. The van der Waals surface area contributed by atoms with Crippen molar-refractivity contribution in [3.8, 4) is 17.7 Å². The number of pyridine rings is 1. The lowest BCUT2D eigenvalue weighted by Gasteiger charge is -2.04. The Hall–Kier alpha value is -2.94. The highest BCUT2D eigenvalue weighted by Gasteiger charge is 2.07. The van der Waals surface area contributed by atoms with Gasteiger partial charge in [0, 0.05) is 12.3 Å². The SMILES string of the molecule is N#Cc1cccnc1Oc1ccc2nonc2c1. The lowest BCUT2D eigenvalue weighted by atomic mass is 10.3. The highest BCUT2D eigenvalue weighted by atomic mass is 16.6. The van der Waals surface area contributed by atoms with Gasteiger partial charge in [0.1, 0.15) is 28.4 Å². The summed E-state index contributed by atoms with van der Waals surface area (Å²) in [6.07, 6.45) is 1.56. The summed E-state index contributed by atoms with van der Waals surface area (Å²) in [4.78, 5) is 4.01. The van der Waals surface area contributed by atoms with Gasteiger partial charge >= 0.3 is 0 Å². The molecule has 0 saturated heterocycles. The number of hydrogen-bond acceptors (Lipinski definition) is 6. The Labute approximate surface area is 101 Å². The van der Waals surface area contributed by atoms with Crippen molar-refractivity contribution in [1.29, 1.82) is 5.26 Å². The van der Waals surface area contributed by atoms with E-state index in [0.29, 0.717) is 22.3 Å². The lowest BCUT2D eigenvalue weighted by molar-refractivity contribution is 0.315. The molecular formula is C12H6N4O2. The zero-order chi connectivity index (χ0) is 12.4. The molecule has 3 rings (SSSR count). The predicted octanol–water partition coefficient (Wildman–Crippen LogP) is 2.28. The Kier molecular flexibility index (Phi) is 2.35. The van der Waals surface area contributed by atoms with E-state index in [4.69, 9.17) is 10.00 Å². The third-order valence-corrected chi connectivity index (χ3v) is 2.33. The van der Waals surface area contributed by atoms with Crippen LogP contribution in [0, 0.1) is 11.3 Å². The van der Waals surface area contributed by atoms with E-state index >= 15 is 0 Å². The molecule has 2 aromatic heterocycles. The number of ether oxygens (including phenoxy) is 1. The fraction of sp³-hybridized carbons (Fsp3) is 0. The van der Waals surface area contributed by atoms with Crippen molar-refractivity contribution >= 4 is 11.0 Å². The summed E-state index contributed by atoms with van der Waals surface area (Å²) in [7, 11) is 0. The van der Waals surface area contributed by atoms with Crippen molar-refractivity contribution in [2.45, 2.75) is 0 Å². The van der Waals surface area contributed by atoms with E-state index < -0.39 is 0 Å². The Morgan fingerprint density at radius 3 is 2.94 bits per heavy atom. The van der Waals surface area contributed by atoms with Crippen molar-refractivity contribution in [2.75, 3.05) is 0 Å². The van der Waals surface area contributed by atoms with E-state index in [1.807, 2.05) is 6.07 Å². The fourth-order valence-electron chi connectivity index (χ4n) is 1.49. The highest BCUT2D eigenvalue weighted by molar-refractivity contribution is 5.74. The van der Waals surface area contributed by atoms with Crippen molar-refractivity contribution in [3.63, 3.8) is 0 Å². The standard InChI is InChI=1S/C12H6N4O2/c13-7-8-2-1-5-14-12(8)17-9-3-4-10-11(6-9)16-18-15-10/h1-6H. The molecule has 6 nitrogen and oxygen atoms in total. The largest absolute Gasteiger partial charge is 0.438 e. The number of benzene rings is 1. The Morgan fingerprint density at radius 2 is 2.06 bits per heavy atom. The van der Waals surface area contributed by atoms with Crippen LogP contribution >= 0.6 is 0 Å². The van der Waals surface area contributed by atoms with Crippen molar-refractivity contribution in [2.24, 2.45) is 0 Å². The summed E-state index contributed by atoms with van der Waals surface area (Å²) in [6.45, 7) is 0. The first kappa shape index (κ1) is 10.2. The molecule has 18 heavy (non-hydrogen) atoms. The van der Waals surface area contributed by atoms with E-state index in [1.165, 1.54) is 0 Å². The van der Waals surface area contributed by atoms with E-state index in [9.17, 15) is 0 Å².